The molecule has 1 amide bonds. The number of rotatable bonds is 2. The molecule has 0 atom stereocenters. The summed E-state index contributed by atoms with van der Waals surface area (Å²) < 4.78 is 1.86. The van der Waals surface area contributed by atoms with Gasteiger partial charge in [0.2, 0.25) is 0 Å². The molecule has 4 nitrogen and oxygen atoms in total. The molecule has 0 saturated carbocycles. The monoisotopic (exact) mass is 311 g/mol. The minimum Gasteiger partial charge on any atom is -0.339 e. The molecule has 1 fully saturated rings. The van der Waals surface area contributed by atoms with Crippen molar-refractivity contribution in [3.05, 3.63) is 53.9 Å². The molecular weight excluding hydrogens is 286 g/mol. The van der Waals surface area contributed by atoms with Gasteiger partial charge in [-0.15, -0.1) is 0 Å². The van der Waals surface area contributed by atoms with Crippen LogP contribution in [0.2, 0.25) is 0 Å². The van der Waals surface area contributed by atoms with Gasteiger partial charge in [-0.2, -0.15) is 5.10 Å². The van der Waals surface area contributed by atoms with E-state index < -0.39 is 0 Å². The molecule has 3 rings (SSSR count). The van der Waals surface area contributed by atoms with Crippen molar-refractivity contribution in [3.63, 3.8) is 0 Å². The van der Waals surface area contributed by atoms with Gasteiger partial charge in [-0.25, -0.2) is 0 Å². The van der Waals surface area contributed by atoms with E-state index in [2.05, 4.69) is 56.2 Å². The first-order valence-electron chi connectivity index (χ1n) is 8.34. The number of hydrogen-bond acceptors (Lipinski definition) is 2. The van der Waals surface area contributed by atoms with Crippen LogP contribution in [0.25, 0.3) is 0 Å². The Hall–Kier alpha value is -2.10. The van der Waals surface area contributed by atoms with Gasteiger partial charge in [0.1, 0.15) is 0 Å². The molecule has 0 unspecified atom stereocenters. The molecule has 1 aromatic heterocycles. The minimum atomic E-state index is -0.0984. The molecular formula is C19H25N3O. The Morgan fingerprint density at radius 2 is 1.78 bits per heavy atom. The number of piperidine rings is 1. The van der Waals surface area contributed by atoms with Gasteiger partial charge < -0.3 is 4.90 Å². The molecule has 2 heterocycles. The highest BCUT2D eigenvalue weighted by molar-refractivity contribution is 5.93. The molecule has 0 spiro atoms. The first-order chi connectivity index (χ1) is 10.9. The quantitative estimate of drug-likeness (QED) is 0.849. The Morgan fingerprint density at radius 3 is 2.35 bits per heavy atom. The van der Waals surface area contributed by atoms with Crippen molar-refractivity contribution in [2.24, 2.45) is 0 Å². The van der Waals surface area contributed by atoms with Crippen LogP contribution in [-0.2, 0) is 5.54 Å². The average molecular weight is 311 g/mol. The number of carbonyl (C=O) groups is 1. The van der Waals surface area contributed by atoms with Crippen LogP contribution >= 0.6 is 0 Å². The number of aromatic nitrogens is 2. The molecule has 23 heavy (non-hydrogen) atoms. The summed E-state index contributed by atoms with van der Waals surface area (Å²) >= 11 is 0. The molecule has 1 aliphatic heterocycles. The Balaban J connectivity index is 1.63. The minimum absolute atomic E-state index is 0.0984. The molecule has 4 heteroatoms. The fourth-order valence-corrected chi connectivity index (χ4v) is 3.12. The number of carbonyl (C=O) groups excluding carboxylic acids is 1. The zero-order valence-corrected chi connectivity index (χ0v) is 14.2. The lowest BCUT2D eigenvalue weighted by atomic mass is 9.89. The Labute approximate surface area is 138 Å². The van der Waals surface area contributed by atoms with Crippen molar-refractivity contribution in [1.82, 2.24) is 14.7 Å². The molecule has 1 aliphatic rings. The number of benzene rings is 1. The fourth-order valence-electron chi connectivity index (χ4n) is 3.12. The summed E-state index contributed by atoms with van der Waals surface area (Å²) in [5.74, 6) is 0.671. The van der Waals surface area contributed by atoms with Gasteiger partial charge in [0.25, 0.3) is 5.91 Å². The van der Waals surface area contributed by atoms with Crippen LogP contribution in [0.5, 0.6) is 0 Å². The summed E-state index contributed by atoms with van der Waals surface area (Å²) in [7, 11) is 0. The SMILES string of the molecule is CC(C)(C)n1cc(C(=O)N2CCC(c3ccccc3)CC2)cn1. The number of likely N-dealkylation sites (tertiary alicyclic amines) is 1. The van der Waals surface area contributed by atoms with Crippen molar-refractivity contribution in [2.75, 3.05) is 13.1 Å². The summed E-state index contributed by atoms with van der Waals surface area (Å²) in [5.41, 5.74) is 1.98. The summed E-state index contributed by atoms with van der Waals surface area (Å²) in [5, 5.41) is 4.34. The van der Waals surface area contributed by atoms with Gasteiger partial charge in [0.05, 0.1) is 17.3 Å². The second-order valence-corrected chi connectivity index (χ2v) is 7.32. The van der Waals surface area contributed by atoms with E-state index in [1.807, 2.05) is 15.8 Å². The Kier molecular flexibility index (Phi) is 4.24. The molecule has 0 aliphatic carbocycles. The summed E-state index contributed by atoms with van der Waals surface area (Å²) in [6.45, 7) is 7.89. The summed E-state index contributed by atoms with van der Waals surface area (Å²) in [6, 6.07) is 10.6. The van der Waals surface area contributed by atoms with Gasteiger partial charge in [0.15, 0.2) is 0 Å². The van der Waals surface area contributed by atoms with Crippen LogP contribution in [0, 0.1) is 0 Å². The van der Waals surface area contributed by atoms with E-state index in [-0.39, 0.29) is 11.4 Å². The van der Waals surface area contributed by atoms with E-state index in [0.29, 0.717) is 11.5 Å². The van der Waals surface area contributed by atoms with E-state index in [0.717, 1.165) is 25.9 Å². The van der Waals surface area contributed by atoms with Gasteiger partial charge in [-0.05, 0) is 45.1 Å². The van der Waals surface area contributed by atoms with Crippen LogP contribution in [0.3, 0.4) is 0 Å². The number of amides is 1. The first-order valence-corrected chi connectivity index (χ1v) is 8.34. The third kappa shape index (κ3) is 3.46. The predicted octanol–water partition coefficient (Wildman–Crippen LogP) is 3.66. The maximum atomic E-state index is 12.7. The largest absolute Gasteiger partial charge is 0.339 e. The van der Waals surface area contributed by atoms with Gasteiger partial charge in [0, 0.05) is 19.3 Å². The van der Waals surface area contributed by atoms with Gasteiger partial charge in [-0.1, -0.05) is 30.3 Å². The molecule has 122 valence electrons. The van der Waals surface area contributed by atoms with Crippen LogP contribution in [0.1, 0.15) is 55.5 Å². The van der Waals surface area contributed by atoms with E-state index in [9.17, 15) is 4.79 Å². The smallest absolute Gasteiger partial charge is 0.257 e. The number of hydrogen-bond donors (Lipinski definition) is 0. The van der Waals surface area contributed by atoms with Crippen LogP contribution in [0.15, 0.2) is 42.7 Å². The molecule has 1 saturated heterocycles. The van der Waals surface area contributed by atoms with Crippen molar-refractivity contribution < 1.29 is 4.79 Å². The molecule has 1 aromatic carbocycles. The van der Waals surface area contributed by atoms with Crippen molar-refractivity contribution in [3.8, 4) is 0 Å². The van der Waals surface area contributed by atoms with E-state index in [1.165, 1.54) is 5.56 Å². The van der Waals surface area contributed by atoms with Crippen molar-refractivity contribution in [1.29, 1.82) is 0 Å². The first kappa shape index (κ1) is 15.8. The number of nitrogens with zero attached hydrogens (tertiary/aromatic N) is 3. The summed E-state index contributed by atoms with van der Waals surface area (Å²) in [4.78, 5) is 14.6. The normalized spacial score (nSPS) is 16.6. The van der Waals surface area contributed by atoms with Gasteiger partial charge >= 0.3 is 0 Å². The standard InChI is InChI=1S/C19H25N3O/c1-19(2,3)22-14-17(13-20-22)18(23)21-11-9-16(10-12-21)15-7-5-4-6-8-15/h4-8,13-14,16H,9-12H2,1-3H3. The lowest BCUT2D eigenvalue weighted by Crippen LogP contribution is -2.37. The molecule has 0 N–H and O–H groups in total. The third-order valence-corrected chi connectivity index (χ3v) is 4.57. The lowest BCUT2D eigenvalue weighted by Gasteiger charge is -2.32. The van der Waals surface area contributed by atoms with E-state index >= 15 is 0 Å². The van der Waals surface area contributed by atoms with Gasteiger partial charge in [-0.3, -0.25) is 9.48 Å². The highest BCUT2D eigenvalue weighted by Crippen LogP contribution is 2.28. The van der Waals surface area contributed by atoms with Crippen LogP contribution in [0.4, 0.5) is 0 Å². The highest BCUT2D eigenvalue weighted by Gasteiger charge is 2.26. The maximum Gasteiger partial charge on any atom is 0.257 e. The van der Waals surface area contributed by atoms with Crippen LogP contribution in [-0.4, -0.2) is 33.7 Å². The lowest BCUT2D eigenvalue weighted by molar-refractivity contribution is 0.0713. The maximum absolute atomic E-state index is 12.7. The van der Waals surface area contributed by atoms with Crippen molar-refractivity contribution in [2.45, 2.75) is 45.1 Å². The molecule has 0 radical (unpaired) electrons. The predicted molar refractivity (Wildman–Crippen MR) is 91.5 cm³/mol. The van der Waals surface area contributed by atoms with E-state index in [1.54, 1.807) is 6.20 Å². The Bertz CT molecular complexity index is 661. The zero-order chi connectivity index (χ0) is 16.4. The second-order valence-electron chi connectivity index (χ2n) is 7.32. The molecule has 0 bridgehead atoms. The second kappa shape index (κ2) is 6.19. The Morgan fingerprint density at radius 1 is 1.13 bits per heavy atom. The van der Waals surface area contributed by atoms with Crippen LogP contribution < -0.4 is 0 Å². The van der Waals surface area contributed by atoms with Crippen molar-refractivity contribution >= 4 is 5.91 Å². The highest BCUT2D eigenvalue weighted by atomic mass is 16.2. The van der Waals surface area contributed by atoms with E-state index in [4.69, 9.17) is 0 Å². The fraction of sp³-hybridized carbons (Fsp3) is 0.474. The average Bonchev–Trinajstić information content (AvgIpc) is 3.05. The topological polar surface area (TPSA) is 38.1 Å². The zero-order valence-electron chi connectivity index (χ0n) is 14.2. The molecule has 2 aromatic rings. The third-order valence-electron chi connectivity index (χ3n) is 4.57. The summed E-state index contributed by atoms with van der Waals surface area (Å²) in [6.07, 6.45) is 5.62.